The van der Waals surface area contributed by atoms with Gasteiger partial charge in [-0.1, -0.05) is 26.7 Å². The average Bonchev–Trinajstić information content (AvgIpc) is 2.36. The fourth-order valence-corrected chi connectivity index (χ4v) is 2.85. The lowest BCUT2D eigenvalue weighted by Crippen LogP contribution is -2.22. The minimum absolute atomic E-state index is 0.642. The maximum Gasteiger partial charge on any atom is -0.00720 e. The summed E-state index contributed by atoms with van der Waals surface area (Å²) < 4.78 is 0. The van der Waals surface area contributed by atoms with Crippen molar-refractivity contribution in [2.24, 2.45) is 17.1 Å². The van der Waals surface area contributed by atoms with Crippen LogP contribution in [-0.4, -0.2) is 6.54 Å². The van der Waals surface area contributed by atoms with Crippen molar-refractivity contribution in [2.45, 2.75) is 52.4 Å². The molecule has 0 heterocycles. The minimum Gasteiger partial charge on any atom is -0.330 e. The molecule has 0 radical (unpaired) electrons. The summed E-state index contributed by atoms with van der Waals surface area (Å²) in [4.78, 5) is 0. The van der Waals surface area contributed by atoms with E-state index < -0.39 is 0 Å². The number of nitrogens with two attached hydrogens (primary N) is 1. The van der Waals surface area contributed by atoms with E-state index in [1.807, 2.05) is 0 Å². The van der Waals surface area contributed by atoms with Crippen molar-refractivity contribution in [3.63, 3.8) is 0 Å². The van der Waals surface area contributed by atoms with Crippen LogP contribution in [0.1, 0.15) is 52.4 Å². The molecular formula is C11H23N. The smallest absolute Gasteiger partial charge is 0.00720 e. The van der Waals surface area contributed by atoms with Gasteiger partial charge < -0.3 is 5.73 Å². The first-order valence-electron chi connectivity index (χ1n) is 5.39. The SMILES string of the molecule is CC(C)CC1(CCN)CCCC1. The van der Waals surface area contributed by atoms with Gasteiger partial charge in [0.2, 0.25) is 0 Å². The second-order valence-electron chi connectivity index (χ2n) is 4.84. The Balaban J connectivity index is 2.46. The van der Waals surface area contributed by atoms with E-state index in [-0.39, 0.29) is 0 Å². The van der Waals surface area contributed by atoms with Crippen molar-refractivity contribution >= 4 is 0 Å². The van der Waals surface area contributed by atoms with E-state index in [9.17, 15) is 0 Å². The molecule has 0 unspecified atom stereocenters. The summed E-state index contributed by atoms with van der Waals surface area (Å²) in [5, 5.41) is 0. The van der Waals surface area contributed by atoms with Crippen LogP contribution in [0.3, 0.4) is 0 Å². The van der Waals surface area contributed by atoms with Gasteiger partial charge in [0.15, 0.2) is 0 Å². The average molecular weight is 169 g/mol. The number of hydrogen-bond donors (Lipinski definition) is 1. The standard InChI is InChI=1S/C11H23N/c1-10(2)9-11(7-8-12)5-3-4-6-11/h10H,3-9,12H2,1-2H3. The number of rotatable bonds is 4. The van der Waals surface area contributed by atoms with Crippen LogP contribution in [0, 0.1) is 11.3 Å². The maximum absolute atomic E-state index is 5.67. The second kappa shape index (κ2) is 4.27. The van der Waals surface area contributed by atoms with Crippen molar-refractivity contribution in [2.75, 3.05) is 6.54 Å². The van der Waals surface area contributed by atoms with Gasteiger partial charge in [-0.25, -0.2) is 0 Å². The van der Waals surface area contributed by atoms with Gasteiger partial charge in [0, 0.05) is 0 Å². The molecule has 1 aliphatic carbocycles. The summed E-state index contributed by atoms with van der Waals surface area (Å²) in [5.41, 5.74) is 6.31. The van der Waals surface area contributed by atoms with Gasteiger partial charge in [0.1, 0.15) is 0 Å². The molecule has 0 spiro atoms. The highest BCUT2D eigenvalue weighted by atomic mass is 14.5. The van der Waals surface area contributed by atoms with Crippen molar-refractivity contribution in [3.05, 3.63) is 0 Å². The first kappa shape index (κ1) is 10.0. The molecule has 1 nitrogen and oxygen atoms in total. The van der Waals surface area contributed by atoms with Gasteiger partial charge >= 0.3 is 0 Å². The molecule has 0 atom stereocenters. The van der Waals surface area contributed by atoms with Crippen LogP contribution in [0.25, 0.3) is 0 Å². The maximum atomic E-state index is 5.67. The summed E-state index contributed by atoms with van der Waals surface area (Å²) in [5.74, 6) is 0.842. The van der Waals surface area contributed by atoms with Crippen molar-refractivity contribution in [3.8, 4) is 0 Å². The minimum atomic E-state index is 0.642. The monoisotopic (exact) mass is 169 g/mol. The first-order valence-corrected chi connectivity index (χ1v) is 5.39. The van der Waals surface area contributed by atoms with Crippen LogP contribution in [0.15, 0.2) is 0 Å². The molecule has 0 bridgehead atoms. The van der Waals surface area contributed by atoms with Crippen LogP contribution in [-0.2, 0) is 0 Å². The van der Waals surface area contributed by atoms with Gasteiger partial charge in [-0.05, 0) is 43.6 Å². The third kappa shape index (κ3) is 2.48. The Morgan fingerprint density at radius 3 is 2.25 bits per heavy atom. The molecule has 12 heavy (non-hydrogen) atoms. The third-order valence-corrected chi connectivity index (χ3v) is 3.18. The van der Waals surface area contributed by atoms with Crippen molar-refractivity contribution in [1.82, 2.24) is 0 Å². The molecule has 0 aromatic rings. The van der Waals surface area contributed by atoms with Gasteiger partial charge in [0.25, 0.3) is 0 Å². The molecule has 72 valence electrons. The van der Waals surface area contributed by atoms with Crippen LogP contribution in [0.5, 0.6) is 0 Å². The quantitative estimate of drug-likeness (QED) is 0.688. The predicted octanol–water partition coefficient (Wildman–Crippen LogP) is 2.94. The van der Waals surface area contributed by atoms with E-state index in [0.29, 0.717) is 5.41 Å². The lowest BCUT2D eigenvalue weighted by Gasteiger charge is -2.30. The fraction of sp³-hybridized carbons (Fsp3) is 1.00. The van der Waals surface area contributed by atoms with E-state index in [1.165, 1.54) is 38.5 Å². The molecule has 0 amide bonds. The Morgan fingerprint density at radius 1 is 1.25 bits per heavy atom. The summed E-state index contributed by atoms with van der Waals surface area (Å²) in [6.45, 7) is 5.54. The van der Waals surface area contributed by atoms with E-state index >= 15 is 0 Å². The molecule has 1 saturated carbocycles. The predicted molar refractivity (Wildman–Crippen MR) is 54.0 cm³/mol. The fourth-order valence-electron chi connectivity index (χ4n) is 2.85. The first-order chi connectivity index (χ1) is 5.68. The normalized spacial score (nSPS) is 22.0. The molecule has 1 rings (SSSR count). The zero-order valence-electron chi connectivity index (χ0n) is 8.60. The van der Waals surface area contributed by atoms with Crippen LogP contribution in [0.4, 0.5) is 0 Å². The molecule has 0 aromatic carbocycles. The Morgan fingerprint density at radius 2 is 1.83 bits per heavy atom. The van der Waals surface area contributed by atoms with Crippen molar-refractivity contribution in [1.29, 1.82) is 0 Å². The highest BCUT2D eigenvalue weighted by Gasteiger charge is 2.33. The largest absolute Gasteiger partial charge is 0.330 e. The summed E-state index contributed by atoms with van der Waals surface area (Å²) in [6.07, 6.45) is 8.39. The van der Waals surface area contributed by atoms with Gasteiger partial charge in [-0.2, -0.15) is 0 Å². The Kier molecular flexibility index (Phi) is 3.57. The van der Waals surface area contributed by atoms with Crippen molar-refractivity contribution < 1.29 is 0 Å². The lowest BCUT2D eigenvalue weighted by molar-refractivity contribution is 0.219. The van der Waals surface area contributed by atoms with Gasteiger partial charge in [-0.3, -0.25) is 0 Å². The Hall–Kier alpha value is -0.0400. The highest BCUT2D eigenvalue weighted by molar-refractivity contribution is 4.85. The topological polar surface area (TPSA) is 26.0 Å². The summed E-state index contributed by atoms with van der Waals surface area (Å²) in [7, 11) is 0. The third-order valence-electron chi connectivity index (χ3n) is 3.18. The number of hydrogen-bond acceptors (Lipinski definition) is 1. The van der Waals surface area contributed by atoms with E-state index in [4.69, 9.17) is 5.73 Å². The van der Waals surface area contributed by atoms with Crippen LogP contribution >= 0.6 is 0 Å². The second-order valence-corrected chi connectivity index (χ2v) is 4.84. The highest BCUT2D eigenvalue weighted by Crippen LogP contribution is 2.45. The molecule has 0 aromatic heterocycles. The molecule has 2 N–H and O–H groups in total. The lowest BCUT2D eigenvalue weighted by atomic mass is 9.76. The summed E-state index contributed by atoms with van der Waals surface area (Å²) >= 11 is 0. The molecule has 1 aliphatic rings. The zero-order valence-corrected chi connectivity index (χ0v) is 8.60. The molecule has 1 heteroatoms. The van der Waals surface area contributed by atoms with E-state index in [1.54, 1.807) is 0 Å². The molecular weight excluding hydrogens is 146 g/mol. The Labute approximate surface area is 76.7 Å². The zero-order chi connectivity index (χ0) is 9.03. The molecule has 0 saturated heterocycles. The van der Waals surface area contributed by atoms with Gasteiger partial charge in [-0.15, -0.1) is 0 Å². The molecule has 0 aliphatic heterocycles. The van der Waals surface area contributed by atoms with E-state index in [2.05, 4.69) is 13.8 Å². The summed E-state index contributed by atoms with van der Waals surface area (Å²) in [6, 6.07) is 0. The molecule has 1 fully saturated rings. The Bertz CT molecular complexity index is 123. The van der Waals surface area contributed by atoms with Crippen LogP contribution in [0.2, 0.25) is 0 Å². The van der Waals surface area contributed by atoms with E-state index in [0.717, 1.165) is 12.5 Å². The van der Waals surface area contributed by atoms with Gasteiger partial charge in [0.05, 0.1) is 0 Å². The van der Waals surface area contributed by atoms with Crippen LogP contribution < -0.4 is 5.73 Å².